The molecule has 0 saturated heterocycles. The fourth-order valence-corrected chi connectivity index (χ4v) is 2.84. The molecule has 2 heterocycles. The standard InChI is InChI=1S/C13H16N4O2/c18-12(19)9-13(5-1-2-6-13)16-10-4-8-17-11(15-10)3-7-14-17/h3-4,7-8H,1-2,5-6,9H2,(H,15,16)(H,18,19). The topological polar surface area (TPSA) is 79.5 Å². The Morgan fingerprint density at radius 1 is 1.42 bits per heavy atom. The van der Waals surface area contributed by atoms with Gasteiger partial charge in [0.1, 0.15) is 5.82 Å². The van der Waals surface area contributed by atoms with Crippen LogP contribution in [0.25, 0.3) is 5.65 Å². The van der Waals surface area contributed by atoms with E-state index in [1.54, 1.807) is 10.7 Å². The maximum absolute atomic E-state index is 11.0. The van der Waals surface area contributed by atoms with E-state index in [1.165, 1.54) is 0 Å². The summed E-state index contributed by atoms with van der Waals surface area (Å²) in [6.07, 6.45) is 7.54. The minimum absolute atomic E-state index is 0.138. The number of aliphatic carboxylic acids is 1. The van der Waals surface area contributed by atoms with E-state index in [4.69, 9.17) is 5.11 Å². The van der Waals surface area contributed by atoms with Crippen LogP contribution in [0, 0.1) is 0 Å². The van der Waals surface area contributed by atoms with Gasteiger partial charge in [0.15, 0.2) is 5.65 Å². The molecule has 0 aliphatic heterocycles. The highest BCUT2D eigenvalue weighted by Gasteiger charge is 2.36. The van der Waals surface area contributed by atoms with Crippen LogP contribution in [0.2, 0.25) is 0 Å². The number of carboxylic acids is 1. The van der Waals surface area contributed by atoms with Crippen molar-refractivity contribution in [2.24, 2.45) is 0 Å². The highest BCUT2D eigenvalue weighted by atomic mass is 16.4. The molecule has 1 saturated carbocycles. The van der Waals surface area contributed by atoms with Crippen LogP contribution in [0.3, 0.4) is 0 Å². The third kappa shape index (κ3) is 2.38. The number of anilines is 1. The Morgan fingerprint density at radius 2 is 2.21 bits per heavy atom. The summed E-state index contributed by atoms with van der Waals surface area (Å²) in [5.74, 6) is -0.0454. The van der Waals surface area contributed by atoms with Gasteiger partial charge >= 0.3 is 5.97 Å². The van der Waals surface area contributed by atoms with E-state index in [0.717, 1.165) is 37.1 Å². The fraction of sp³-hybridized carbons (Fsp3) is 0.462. The van der Waals surface area contributed by atoms with E-state index in [9.17, 15) is 4.79 Å². The molecule has 0 aromatic carbocycles. The number of aromatic nitrogens is 3. The van der Waals surface area contributed by atoms with Crippen molar-refractivity contribution in [2.75, 3.05) is 5.32 Å². The molecule has 3 rings (SSSR count). The molecule has 1 aliphatic rings. The molecule has 100 valence electrons. The Morgan fingerprint density at radius 3 is 2.95 bits per heavy atom. The summed E-state index contributed by atoms with van der Waals surface area (Å²) in [6, 6.07) is 3.66. The maximum atomic E-state index is 11.0. The smallest absolute Gasteiger partial charge is 0.305 e. The highest BCUT2D eigenvalue weighted by Crippen LogP contribution is 2.35. The number of nitrogens with zero attached hydrogens (tertiary/aromatic N) is 3. The highest BCUT2D eigenvalue weighted by molar-refractivity contribution is 5.69. The van der Waals surface area contributed by atoms with Crippen LogP contribution in [-0.4, -0.2) is 31.2 Å². The first-order chi connectivity index (χ1) is 9.17. The van der Waals surface area contributed by atoms with Crippen molar-refractivity contribution in [3.05, 3.63) is 24.5 Å². The van der Waals surface area contributed by atoms with Gasteiger partial charge in [-0.05, 0) is 18.9 Å². The second kappa shape index (κ2) is 4.53. The first kappa shape index (κ1) is 12.0. The molecule has 2 aromatic rings. The molecule has 0 spiro atoms. The van der Waals surface area contributed by atoms with Crippen LogP contribution < -0.4 is 5.32 Å². The van der Waals surface area contributed by atoms with E-state index in [-0.39, 0.29) is 12.0 Å². The van der Waals surface area contributed by atoms with Gasteiger partial charge in [-0.25, -0.2) is 9.50 Å². The molecule has 1 fully saturated rings. The minimum atomic E-state index is -0.764. The molecular formula is C13H16N4O2. The van der Waals surface area contributed by atoms with Crippen LogP contribution in [0.1, 0.15) is 32.1 Å². The molecule has 0 unspecified atom stereocenters. The number of fused-ring (bicyclic) bond motifs is 1. The van der Waals surface area contributed by atoms with Gasteiger partial charge in [-0.2, -0.15) is 5.10 Å². The first-order valence-corrected chi connectivity index (χ1v) is 6.47. The third-order valence-electron chi connectivity index (χ3n) is 3.70. The summed E-state index contributed by atoms with van der Waals surface area (Å²) in [4.78, 5) is 15.5. The molecule has 6 heteroatoms. The van der Waals surface area contributed by atoms with Gasteiger partial charge in [-0.3, -0.25) is 4.79 Å². The van der Waals surface area contributed by atoms with Gasteiger partial charge in [0.05, 0.1) is 12.6 Å². The van der Waals surface area contributed by atoms with Crippen LogP contribution in [0.5, 0.6) is 0 Å². The van der Waals surface area contributed by atoms with Crippen LogP contribution in [0.15, 0.2) is 24.5 Å². The van der Waals surface area contributed by atoms with Gasteiger partial charge in [0.2, 0.25) is 0 Å². The maximum Gasteiger partial charge on any atom is 0.305 e. The first-order valence-electron chi connectivity index (χ1n) is 6.47. The number of hydrogen-bond donors (Lipinski definition) is 2. The number of hydrogen-bond acceptors (Lipinski definition) is 4. The van der Waals surface area contributed by atoms with Gasteiger partial charge in [0.25, 0.3) is 0 Å². The zero-order valence-corrected chi connectivity index (χ0v) is 10.5. The fourth-order valence-electron chi connectivity index (χ4n) is 2.84. The molecule has 6 nitrogen and oxygen atoms in total. The Bertz CT molecular complexity index is 601. The summed E-state index contributed by atoms with van der Waals surface area (Å²) < 4.78 is 1.68. The van der Waals surface area contributed by atoms with Crippen LogP contribution in [0.4, 0.5) is 5.82 Å². The van der Waals surface area contributed by atoms with E-state index in [1.807, 2.05) is 18.3 Å². The molecule has 2 aromatic heterocycles. The molecule has 2 N–H and O–H groups in total. The SMILES string of the molecule is O=C(O)CC1(Nc2ccn3nccc3n2)CCCC1. The van der Waals surface area contributed by atoms with Crippen molar-refractivity contribution in [1.29, 1.82) is 0 Å². The zero-order chi connectivity index (χ0) is 13.3. The molecule has 1 aliphatic carbocycles. The molecule has 0 radical (unpaired) electrons. The molecular weight excluding hydrogens is 244 g/mol. The summed E-state index contributed by atoms with van der Waals surface area (Å²) in [7, 11) is 0. The largest absolute Gasteiger partial charge is 0.481 e. The van der Waals surface area contributed by atoms with E-state index < -0.39 is 5.97 Å². The third-order valence-corrected chi connectivity index (χ3v) is 3.70. The predicted molar refractivity (Wildman–Crippen MR) is 70.1 cm³/mol. The van der Waals surface area contributed by atoms with Crippen molar-refractivity contribution in [2.45, 2.75) is 37.6 Å². The summed E-state index contributed by atoms with van der Waals surface area (Å²) in [6.45, 7) is 0. The molecule has 0 atom stereocenters. The Balaban J connectivity index is 1.86. The minimum Gasteiger partial charge on any atom is -0.481 e. The predicted octanol–water partition coefficient (Wildman–Crippen LogP) is 1.93. The Hall–Kier alpha value is -2.11. The number of carbonyl (C=O) groups is 1. The molecule has 0 bridgehead atoms. The van der Waals surface area contributed by atoms with Gasteiger partial charge in [0, 0.05) is 17.8 Å². The number of carboxylic acid groups (broad SMARTS) is 1. The van der Waals surface area contributed by atoms with Crippen LogP contribution in [-0.2, 0) is 4.79 Å². The second-order valence-electron chi connectivity index (χ2n) is 5.13. The number of nitrogens with one attached hydrogen (secondary N) is 1. The summed E-state index contributed by atoms with van der Waals surface area (Å²) in [5.41, 5.74) is 0.408. The average molecular weight is 260 g/mol. The normalized spacial score (nSPS) is 17.7. The lowest BCUT2D eigenvalue weighted by atomic mass is 9.93. The van der Waals surface area contributed by atoms with Crippen molar-refractivity contribution >= 4 is 17.4 Å². The van der Waals surface area contributed by atoms with Gasteiger partial charge in [-0.1, -0.05) is 12.8 Å². The second-order valence-corrected chi connectivity index (χ2v) is 5.13. The van der Waals surface area contributed by atoms with Crippen LogP contribution >= 0.6 is 0 Å². The van der Waals surface area contributed by atoms with Crippen molar-refractivity contribution in [3.8, 4) is 0 Å². The quantitative estimate of drug-likeness (QED) is 0.878. The molecule has 0 amide bonds. The van der Waals surface area contributed by atoms with Crippen molar-refractivity contribution in [1.82, 2.24) is 14.6 Å². The van der Waals surface area contributed by atoms with E-state index in [2.05, 4.69) is 15.4 Å². The van der Waals surface area contributed by atoms with Gasteiger partial charge < -0.3 is 10.4 Å². The van der Waals surface area contributed by atoms with E-state index >= 15 is 0 Å². The lowest BCUT2D eigenvalue weighted by Crippen LogP contribution is -2.37. The van der Waals surface area contributed by atoms with E-state index in [0.29, 0.717) is 0 Å². The lowest BCUT2D eigenvalue weighted by Gasteiger charge is -2.29. The Kier molecular flexibility index (Phi) is 2.85. The molecule has 19 heavy (non-hydrogen) atoms. The zero-order valence-electron chi connectivity index (χ0n) is 10.5. The monoisotopic (exact) mass is 260 g/mol. The van der Waals surface area contributed by atoms with Gasteiger partial charge in [-0.15, -0.1) is 0 Å². The summed E-state index contributed by atoms with van der Waals surface area (Å²) >= 11 is 0. The van der Waals surface area contributed by atoms with Crippen molar-refractivity contribution in [3.63, 3.8) is 0 Å². The average Bonchev–Trinajstić information content (AvgIpc) is 2.97. The summed E-state index contributed by atoms with van der Waals surface area (Å²) in [5, 5.41) is 16.5. The lowest BCUT2D eigenvalue weighted by molar-refractivity contribution is -0.138. The Labute approximate surface area is 110 Å². The number of rotatable bonds is 4. The van der Waals surface area contributed by atoms with Crippen molar-refractivity contribution < 1.29 is 9.90 Å².